The summed E-state index contributed by atoms with van der Waals surface area (Å²) in [5.41, 5.74) is 2.41. The highest BCUT2D eigenvalue weighted by Gasteiger charge is 2.03. The minimum atomic E-state index is -0.0994. The Hall–Kier alpha value is -2.47. The average molecular weight is 286 g/mol. The largest absolute Gasteiger partial charge is 0.396 e. The number of anilines is 2. The molecular formula is C15H18N4O2. The maximum Gasteiger partial charge on any atom is 0.221 e. The molecule has 0 saturated heterocycles. The van der Waals surface area contributed by atoms with E-state index in [-0.39, 0.29) is 12.5 Å². The van der Waals surface area contributed by atoms with Crippen LogP contribution >= 0.6 is 0 Å². The van der Waals surface area contributed by atoms with Crippen molar-refractivity contribution in [2.75, 3.05) is 23.8 Å². The van der Waals surface area contributed by atoms with E-state index in [9.17, 15) is 4.79 Å². The molecular weight excluding hydrogens is 268 g/mol. The van der Waals surface area contributed by atoms with Crippen molar-refractivity contribution in [3.63, 3.8) is 0 Å². The number of carbonyl (C=O) groups excluding carboxylic acids is 1. The lowest BCUT2D eigenvalue weighted by molar-refractivity contribution is -0.114. The Morgan fingerprint density at radius 3 is 2.67 bits per heavy atom. The van der Waals surface area contributed by atoms with Crippen molar-refractivity contribution in [1.29, 1.82) is 0 Å². The molecule has 0 bridgehead atoms. The number of nitrogens with one attached hydrogen (secondary N) is 2. The van der Waals surface area contributed by atoms with Crippen LogP contribution in [0, 0.1) is 0 Å². The molecule has 21 heavy (non-hydrogen) atoms. The van der Waals surface area contributed by atoms with E-state index in [1.807, 2.05) is 24.3 Å². The first-order valence-corrected chi connectivity index (χ1v) is 6.74. The van der Waals surface area contributed by atoms with Gasteiger partial charge in [-0.3, -0.25) is 9.78 Å². The number of nitrogens with zero attached hydrogens (tertiary/aromatic N) is 2. The third-order valence-corrected chi connectivity index (χ3v) is 2.78. The van der Waals surface area contributed by atoms with Gasteiger partial charge in [0.15, 0.2) is 0 Å². The van der Waals surface area contributed by atoms with Crippen LogP contribution in [0.5, 0.6) is 0 Å². The minimum Gasteiger partial charge on any atom is -0.396 e. The van der Waals surface area contributed by atoms with E-state index in [0.717, 1.165) is 16.9 Å². The van der Waals surface area contributed by atoms with Gasteiger partial charge in [0.05, 0.1) is 18.1 Å². The summed E-state index contributed by atoms with van der Waals surface area (Å²) in [6, 6.07) is 7.41. The van der Waals surface area contributed by atoms with Gasteiger partial charge >= 0.3 is 0 Å². The number of rotatable bonds is 6. The highest BCUT2D eigenvalue weighted by Crippen LogP contribution is 2.20. The number of amides is 1. The Bertz CT molecular complexity index is 599. The van der Waals surface area contributed by atoms with Gasteiger partial charge in [-0.15, -0.1) is 0 Å². The zero-order chi connectivity index (χ0) is 15.1. The molecule has 1 amide bonds. The number of carbonyl (C=O) groups is 1. The van der Waals surface area contributed by atoms with Crippen molar-refractivity contribution < 1.29 is 9.90 Å². The lowest BCUT2D eigenvalue weighted by atomic mass is 10.1. The lowest BCUT2D eigenvalue weighted by Crippen LogP contribution is -2.06. The second-order valence-electron chi connectivity index (χ2n) is 4.55. The number of aromatic nitrogens is 2. The molecule has 1 heterocycles. The zero-order valence-electron chi connectivity index (χ0n) is 11.8. The van der Waals surface area contributed by atoms with E-state index in [2.05, 4.69) is 20.6 Å². The van der Waals surface area contributed by atoms with Gasteiger partial charge in [-0.05, 0) is 18.6 Å². The highest BCUT2D eigenvalue weighted by molar-refractivity contribution is 5.88. The molecule has 0 saturated carbocycles. The monoisotopic (exact) mass is 286 g/mol. The molecule has 6 nitrogen and oxygen atoms in total. The molecule has 0 fully saturated rings. The summed E-state index contributed by atoms with van der Waals surface area (Å²) >= 11 is 0. The van der Waals surface area contributed by atoms with Crippen LogP contribution in [0.25, 0.3) is 11.3 Å². The van der Waals surface area contributed by atoms with Crippen LogP contribution in [0.1, 0.15) is 13.3 Å². The van der Waals surface area contributed by atoms with Gasteiger partial charge < -0.3 is 15.7 Å². The normalized spacial score (nSPS) is 10.2. The molecule has 110 valence electrons. The number of hydrogen-bond donors (Lipinski definition) is 3. The van der Waals surface area contributed by atoms with E-state index >= 15 is 0 Å². The van der Waals surface area contributed by atoms with Crippen LogP contribution in [0.2, 0.25) is 0 Å². The Morgan fingerprint density at radius 1 is 1.24 bits per heavy atom. The van der Waals surface area contributed by atoms with Gasteiger partial charge in [-0.25, -0.2) is 4.98 Å². The first-order valence-electron chi connectivity index (χ1n) is 6.74. The predicted molar refractivity (Wildman–Crippen MR) is 82.0 cm³/mol. The zero-order valence-corrected chi connectivity index (χ0v) is 11.8. The minimum absolute atomic E-state index is 0.0994. The first-order chi connectivity index (χ1) is 10.2. The molecule has 3 N–H and O–H groups in total. The van der Waals surface area contributed by atoms with Gasteiger partial charge in [-0.2, -0.15) is 0 Å². The lowest BCUT2D eigenvalue weighted by Gasteiger charge is -2.07. The summed E-state index contributed by atoms with van der Waals surface area (Å²) in [6.07, 6.45) is 3.99. The Kier molecular flexibility index (Phi) is 5.22. The molecule has 0 unspecified atom stereocenters. The van der Waals surface area contributed by atoms with Crippen LogP contribution < -0.4 is 10.6 Å². The fourth-order valence-electron chi connectivity index (χ4n) is 1.81. The quantitative estimate of drug-likeness (QED) is 0.706. The van der Waals surface area contributed by atoms with Gasteiger partial charge in [0.25, 0.3) is 0 Å². The van der Waals surface area contributed by atoms with E-state index in [1.165, 1.54) is 6.92 Å². The summed E-state index contributed by atoms with van der Waals surface area (Å²) in [7, 11) is 0. The molecule has 0 spiro atoms. The number of benzene rings is 1. The van der Waals surface area contributed by atoms with Crippen molar-refractivity contribution in [3.8, 4) is 11.3 Å². The molecule has 0 radical (unpaired) electrons. The maximum absolute atomic E-state index is 11.0. The molecule has 1 aromatic heterocycles. The molecule has 0 atom stereocenters. The number of hydrogen-bond acceptors (Lipinski definition) is 5. The standard InChI is InChI=1S/C15H18N4O2/c1-11(21)18-13-5-3-12(4-6-13)14-9-16-10-15(19-14)17-7-2-8-20/h3-6,9-10,20H,2,7-8H2,1H3,(H,17,19)(H,18,21). The van der Waals surface area contributed by atoms with Gasteiger partial charge in [0.2, 0.25) is 5.91 Å². The summed E-state index contributed by atoms with van der Waals surface area (Å²) < 4.78 is 0. The number of aliphatic hydroxyl groups is 1. The number of aliphatic hydroxyl groups excluding tert-OH is 1. The average Bonchev–Trinajstić information content (AvgIpc) is 2.48. The van der Waals surface area contributed by atoms with E-state index in [0.29, 0.717) is 18.8 Å². The van der Waals surface area contributed by atoms with Crippen LogP contribution in [0.15, 0.2) is 36.7 Å². The summed E-state index contributed by atoms with van der Waals surface area (Å²) in [6.45, 7) is 2.27. The molecule has 2 aromatic rings. The Morgan fingerprint density at radius 2 is 2.00 bits per heavy atom. The fraction of sp³-hybridized carbons (Fsp3) is 0.267. The van der Waals surface area contributed by atoms with Crippen molar-refractivity contribution in [1.82, 2.24) is 9.97 Å². The van der Waals surface area contributed by atoms with Crippen LogP contribution in [-0.4, -0.2) is 34.1 Å². The van der Waals surface area contributed by atoms with E-state index in [4.69, 9.17) is 5.11 Å². The summed E-state index contributed by atoms with van der Waals surface area (Å²) in [5, 5.41) is 14.6. The van der Waals surface area contributed by atoms with Crippen LogP contribution in [0.3, 0.4) is 0 Å². The summed E-state index contributed by atoms with van der Waals surface area (Å²) in [5.74, 6) is 0.574. The molecule has 0 aliphatic rings. The Balaban J connectivity index is 2.10. The van der Waals surface area contributed by atoms with Crippen molar-refractivity contribution in [2.24, 2.45) is 0 Å². The highest BCUT2D eigenvalue weighted by atomic mass is 16.3. The van der Waals surface area contributed by atoms with Crippen LogP contribution in [-0.2, 0) is 4.79 Å². The van der Waals surface area contributed by atoms with E-state index < -0.39 is 0 Å². The second-order valence-corrected chi connectivity index (χ2v) is 4.55. The van der Waals surface area contributed by atoms with Gasteiger partial charge in [-0.1, -0.05) is 12.1 Å². The second kappa shape index (κ2) is 7.35. The molecule has 2 rings (SSSR count). The molecule has 0 aliphatic carbocycles. The van der Waals surface area contributed by atoms with Crippen molar-refractivity contribution in [3.05, 3.63) is 36.7 Å². The molecule has 6 heteroatoms. The first kappa shape index (κ1) is 14.9. The van der Waals surface area contributed by atoms with Crippen LogP contribution in [0.4, 0.5) is 11.5 Å². The smallest absolute Gasteiger partial charge is 0.221 e. The van der Waals surface area contributed by atoms with Crippen molar-refractivity contribution in [2.45, 2.75) is 13.3 Å². The Labute approximate surface area is 123 Å². The third kappa shape index (κ3) is 4.54. The van der Waals surface area contributed by atoms with Gasteiger partial charge in [0, 0.05) is 31.3 Å². The van der Waals surface area contributed by atoms with Crippen molar-refractivity contribution >= 4 is 17.4 Å². The molecule has 0 aliphatic heterocycles. The SMILES string of the molecule is CC(=O)Nc1ccc(-c2cncc(NCCCO)n2)cc1. The van der Waals surface area contributed by atoms with E-state index in [1.54, 1.807) is 12.4 Å². The topological polar surface area (TPSA) is 87.1 Å². The third-order valence-electron chi connectivity index (χ3n) is 2.78. The van der Waals surface area contributed by atoms with Gasteiger partial charge in [0.1, 0.15) is 5.82 Å². The molecule has 1 aromatic carbocycles. The maximum atomic E-state index is 11.0. The fourth-order valence-corrected chi connectivity index (χ4v) is 1.81. The predicted octanol–water partition coefficient (Wildman–Crippen LogP) is 1.90. The summed E-state index contributed by atoms with van der Waals surface area (Å²) in [4.78, 5) is 19.6.